The molecule has 0 fully saturated rings. The van der Waals surface area contributed by atoms with E-state index in [4.69, 9.17) is 18.5 Å². The molecule has 2 atom stereocenters. The molecule has 0 spiro atoms. The number of phosphoric ester groups is 1. The smallest absolute Gasteiger partial charge is 0.462 e. The number of rotatable bonds is 62. The summed E-state index contributed by atoms with van der Waals surface area (Å²) >= 11 is 0. The van der Waals surface area contributed by atoms with Gasteiger partial charge in [0, 0.05) is 12.8 Å². The number of quaternary nitrogens is 1. The van der Waals surface area contributed by atoms with Crippen LogP contribution in [0, 0.1) is 0 Å². The van der Waals surface area contributed by atoms with E-state index < -0.39 is 26.5 Å². The molecule has 0 aliphatic carbocycles. The fourth-order valence-corrected chi connectivity index (χ4v) is 9.82. The zero-order valence-corrected chi connectivity index (χ0v) is 56.6. The Balaban J connectivity index is 4.20. The molecule has 0 aliphatic rings. The number of esters is 2. The number of allylic oxidation sites excluding steroid dienone is 24. The lowest BCUT2D eigenvalue weighted by Gasteiger charge is -2.24. The monoisotopic (exact) mass is 1210 g/mol. The lowest BCUT2D eigenvalue weighted by Crippen LogP contribution is -2.37. The van der Waals surface area contributed by atoms with Gasteiger partial charge in [0.05, 0.1) is 27.7 Å². The van der Waals surface area contributed by atoms with Crippen LogP contribution in [0.4, 0.5) is 0 Å². The molecule has 0 aromatic carbocycles. The van der Waals surface area contributed by atoms with Gasteiger partial charge in [0.15, 0.2) is 6.10 Å². The Morgan fingerprint density at radius 3 is 1.01 bits per heavy atom. The van der Waals surface area contributed by atoms with Crippen LogP contribution in [0.3, 0.4) is 0 Å². The van der Waals surface area contributed by atoms with Crippen LogP contribution in [0.25, 0.3) is 0 Å². The fraction of sp³-hybridized carbons (Fsp3) is 0.658. The Hall–Kier alpha value is -4.11. The second-order valence-corrected chi connectivity index (χ2v) is 25.3. The highest BCUT2D eigenvalue weighted by atomic mass is 31.2. The van der Waals surface area contributed by atoms with Gasteiger partial charge in [-0.3, -0.25) is 18.6 Å². The summed E-state index contributed by atoms with van der Waals surface area (Å²) in [6.07, 6.45) is 96.6. The molecule has 0 aromatic rings. The Morgan fingerprint density at radius 2 is 0.663 bits per heavy atom. The predicted octanol–water partition coefficient (Wildman–Crippen LogP) is 22.6. The molecule has 0 amide bonds. The lowest BCUT2D eigenvalue weighted by molar-refractivity contribution is -0.870. The average Bonchev–Trinajstić information content (AvgIpc) is 3.67. The largest absolute Gasteiger partial charge is 0.472 e. The van der Waals surface area contributed by atoms with Gasteiger partial charge in [-0.05, 0) is 122 Å². The van der Waals surface area contributed by atoms with Crippen LogP contribution in [-0.4, -0.2) is 74.9 Å². The Kier molecular flexibility index (Phi) is 62.2. The second kappa shape index (κ2) is 65.3. The summed E-state index contributed by atoms with van der Waals surface area (Å²) in [4.78, 5) is 35.8. The summed E-state index contributed by atoms with van der Waals surface area (Å²) in [5, 5.41) is 0. The quantitative estimate of drug-likeness (QED) is 0.0211. The Morgan fingerprint density at radius 1 is 0.372 bits per heavy atom. The number of hydrogen-bond acceptors (Lipinski definition) is 7. The van der Waals surface area contributed by atoms with Gasteiger partial charge in [-0.2, -0.15) is 0 Å². The van der Waals surface area contributed by atoms with E-state index in [2.05, 4.69) is 160 Å². The number of phosphoric acid groups is 1. The number of carbonyl (C=O) groups excluding carboxylic acids is 2. The van der Waals surface area contributed by atoms with Crippen molar-refractivity contribution in [1.29, 1.82) is 0 Å². The second-order valence-electron chi connectivity index (χ2n) is 23.8. The topological polar surface area (TPSA) is 108 Å². The molecule has 0 aliphatic heterocycles. The van der Waals surface area contributed by atoms with Crippen LogP contribution >= 0.6 is 7.82 Å². The van der Waals surface area contributed by atoms with Gasteiger partial charge < -0.3 is 18.9 Å². The summed E-state index contributed by atoms with van der Waals surface area (Å²) < 4.78 is 34.6. The van der Waals surface area contributed by atoms with Crippen molar-refractivity contribution in [3.63, 3.8) is 0 Å². The molecular formula is C76H129NO8P+. The summed E-state index contributed by atoms with van der Waals surface area (Å²) in [6.45, 7) is 4.28. The van der Waals surface area contributed by atoms with E-state index in [0.29, 0.717) is 17.4 Å². The van der Waals surface area contributed by atoms with Crippen molar-refractivity contribution >= 4 is 19.8 Å². The van der Waals surface area contributed by atoms with E-state index >= 15 is 0 Å². The molecular weight excluding hydrogens is 1090 g/mol. The molecule has 0 bridgehead atoms. The molecule has 490 valence electrons. The van der Waals surface area contributed by atoms with Crippen molar-refractivity contribution in [3.05, 3.63) is 146 Å². The highest BCUT2D eigenvalue weighted by molar-refractivity contribution is 7.47. The Labute approximate surface area is 529 Å². The van der Waals surface area contributed by atoms with Gasteiger partial charge in [0.2, 0.25) is 0 Å². The molecule has 2 unspecified atom stereocenters. The number of hydrogen-bond donors (Lipinski definition) is 1. The number of ether oxygens (including phenoxy) is 2. The zero-order chi connectivity index (χ0) is 62.6. The molecule has 1 N–H and O–H groups in total. The van der Waals surface area contributed by atoms with Crippen molar-refractivity contribution < 1.29 is 42.1 Å². The first-order valence-corrected chi connectivity index (χ1v) is 36.1. The third kappa shape index (κ3) is 69.0. The molecule has 0 aromatic heterocycles. The van der Waals surface area contributed by atoms with Gasteiger partial charge in [-0.15, -0.1) is 0 Å². The zero-order valence-electron chi connectivity index (χ0n) is 55.7. The van der Waals surface area contributed by atoms with Gasteiger partial charge in [-0.25, -0.2) is 4.57 Å². The van der Waals surface area contributed by atoms with Crippen molar-refractivity contribution in [2.24, 2.45) is 0 Å². The van der Waals surface area contributed by atoms with E-state index in [-0.39, 0.29) is 32.0 Å². The van der Waals surface area contributed by atoms with Crippen molar-refractivity contribution in [3.8, 4) is 0 Å². The van der Waals surface area contributed by atoms with E-state index in [1.165, 1.54) is 128 Å². The standard InChI is InChI=1S/C76H128NO8P/c1-6-8-10-12-14-16-18-20-22-24-26-28-30-32-33-34-35-36-37-38-39-40-41-42-43-45-47-49-51-53-55-57-59-61-63-65-67-69-76(79)85-74(73-84-86(80,81)83-71-70-77(3,4)5)72-82-75(78)68-66-64-62-60-58-56-54-52-50-48-46-44-31-29-27-25-23-21-19-17-15-13-11-9-7-2/h8,10,14,16,20,22,25-28,32-33,35-36,38-39,41-42,45,47,51,53,57,59,74H,6-7,9,11-13,15,17-19,21,23-24,29-31,34,37,40,43-44,46,48-50,52,54-56,58,60-73H2,1-5H3/p+1/b10-8-,16-14-,22-20-,27-25-,28-26-,33-32-,36-35-,39-38-,42-41-,47-45-,53-51-,59-57-. The van der Waals surface area contributed by atoms with Crippen molar-refractivity contribution in [2.75, 3.05) is 47.5 Å². The number of carbonyl (C=O) groups is 2. The normalized spacial score (nSPS) is 14.1. The SMILES string of the molecule is CC/C=C\C/C=C\C/C=C\C/C=C\C/C=C\C/C=C\C/C=C\C/C=C\C/C=C\C/C=C\C/C=C\CCCCCC(=O)OC(COC(=O)CCCCCCCCCCCCCCC/C=C\CCCCCCCCCC)COP(=O)(O)OCC[N+](C)(C)C. The van der Waals surface area contributed by atoms with E-state index in [1.807, 2.05) is 21.1 Å². The third-order valence-electron chi connectivity index (χ3n) is 14.4. The maximum atomic E-state index is 12.9. The number of nitrogens with zero attached hydrogens (tertiary/aromatic N) is 1. The summed E-state index contributed by atoms with van der Waals surface area (Å²) in [6, 6.07) is 0. The molecule has 0 saturated carbocycles. The first-order valence-electron chi connectivity index (χ1n) is 34.6. The van der Waals surface area contributed by atoms with Crippen molar-refractivity contribution in [1.82, 2.24) is 0 Å². The van der Waals surface area contributed by atoms with Crippen LogP contribution in [0.1, 0.15) is 271 Å². The minimum atomic E-state index is -4.41. The first kappa shape index (κ1) is 81.9. The molecule has 0 heterocycles. The Bertz CT molecular complexity index is 1960. The minimum Gasteiger partial charge on any atom is -0.462 e. The summed E-state index contributed by atoms with van der Waals surface area (Å²) in [5.74, 6) is -0.840. The lowest BCUT2D eigenvalue weighted by atomic mass is 10.0. The molecule has 10 heteroatoms. The number of unbranched alkanes of at least 4 members (excludes halogenated alkanes) is 24. The third-order valence-corrected chi connectivity index (χ3v) is 15.3. The van der Waals surface area contributed by atoms with Crippen LogP contribution < -0.4 is 0 Å². The minimum absolute atomic E-state index is 0.0179. The van der Waals surface area contributed by atoms with Crippen LogP contribution in [0.2, 0.25) is 0 Å². The average molecular weight is 1220 g/mol. The molecule has 0 rings (SSSR count). The first-order chi connectivity index (χ1) is 42.0. The molecule has 0 saturated heterocycles. The van der Waals surface area contributed by atoms with E-state index in [0.717, 1.165) is 109 Å². The highest BCUT2D eigenvalue weighted by Crippen LogP contribution is 2.43. The van der Waals surface area contributed by atoms with Gasteiger partial charge in [-0.1, -0.05) is 282 Å². The van der Waals surface area contributed by atoms with Gasteiger partial charge >= 0.3 is 19.8 Å². The summed E-state index contributed by atoms with van der Waals surface area (Å²) in [5.41, 5.74) is 0. The van der Waals surface area contributed by atoms with Crippen molar-refractivity contribution in [2.45, 2.75) is 277 Å². The van der Waals surface area contributed by atoms with Crippen LogP contribution in [-0.2, 0) is 32.7 Å². The van der Waals surface area contributed by atoms with E-state index in [9.17, 15) is 19.0 Å². The van der Waals surface area contributed by atoms with Gasteiger partial charge in [0.1, 0.15) is 19.8 Å². The van der Waals surface area contributed by atoms with Crippen LogP contribution in [0.5, 0.6) is 0 Å². The number of likely N-dealkylation sites (N-methyl/N-ethyl adjacent to an activating group) is 1. The molecule has 0 radical (unpaired) electrons. The molecule has 86 heavy (non-hydrogen) atoms. The molecule has 9 nitrogen and oxygen atoms in total. The maximum Gasteiger partial charge on any atom is 0.472 e. The fourth-order valence-electron chi connectivity index (χ4n) is 9.07. The summed E-state index contributed by atoms with van der Waals surface area (Å²) in [7, 11) is 1.44. The predicted molar refractivity (Wildman–Crippen MR) is 371 cm³/mol. The maximum absolute atomic E-state index is 12.9. The van der Waals surface area contributed by atoms with Gasteiger partial charge in [0.25, 0.3) is 0 Å². The van der Waals surface area contributed by atoms with E-state index in [1.54, 1.807) is 0 Å². The van der Waals surface area contributed by atoms with Crippen LogP contribution in [0.15, 0.2) is 146 Å². The highest BCUT2D eigenvalue weighted by Gasteiger charge is 2.27.